The largest absolute Gasteiger partial charge is 0 e. The summed E-state index contributed by atoms with van der Waals surface area (Å²) >= 11 is 0. The second kappa shape index (κ2) is 76.8. The Morgan fingerprint density at radius 2 is 1.17 bits per heavy atom. The molecule has 0 unspecified atom stereocenters. The number of nitrogens with zero attached hydrogens (tertiary/aromatic N) is 1. The maximum Gasteiger partial charge on any atom is 0 e. The molecule has 0 saturated heterocycles. The van der Waals surface area contributed by atoms with E-state index in [1.807, 2.05) is 25.3 Å². The van der Waals surface area contributed by atoms with E-state index in [-0.39, 0.29) is 21.1 Å². The Labute approximate surface area is 120 Å². The predicted octanol–water partition coefficient (Wildman–Crippen LogP) is 1.20. The molecule has 0 aliphatic carbocycles. The van der Waals surface area contributed by atoms with Crippen molar-refractivity contribution in [3.05, 3.63) is 63.3 Å². The smallest absolute Gasteiger partial charge is 0 e. The zero-order valence-corrected chi connectivity index (χ0v) is 12.1. The van der Waals surface area contributed by atoms with Crippen LogP contribution in [-0.4, -0.2) is 4.98 Å². The molecular weight excluding hydrogens is 410 g/mol. The summed E-state index contributed by atoms with van der Waals surface area (Å²) in [5.74, 6) is 0. The van der Waals surface area contributed by atoms with Gasteiger partial charge in [0.05, 0.1) is 0 Å². The van der Waals surface area contributed by atoms with Gasteiger partial charge >= 0.3 is 56.5 Å². The Morgan fingerprint density at radius 1 is 0.833 bits per heavy atom. The van der Waals surface area contributed by atoms with Crippen molar-refractivity contribution < 1.29 is 44.3 Å². The molecule has 18 heavy (non-hydrogen) atoms. The molecule has 0 N–H and O–H groups in total. The van der Waals surface area contributed by atoms with E-state index < -0.39 is 0 Å². The maximum absolute atomic E-state index is 7.50. The maximum atomic E-state index is 7.50. The standard InChI is InChI=1S/C6H7N.5CO.W/c1-6-3-2-4-7-5-6;5*1-2;/h2-5H,1H3;;;;;;. The monoisotopic (exact) mass is 417 g/mol. The second-order valence-electron chi connectivity index (χ2n) is 1.53. The minimum atomic E-state index is 0. The van der Waals surface area contributed by atoms with Gasteiger partial charge in [0, 0.05) is 33.5 Å². The van der Waals surface area contributed by atoms with Gasteiger partial charge < -0.3 is 0 Å². The van der Waals surface area contributed by atoms with E-state index in [2.05, 4.69) is 38.2 Å². The van der Waals surface area contributed by atoms with Crippen LogP contribution in [0, 0.1) is 40.2 Å². The first-order valence-corrected chi connectivity index (χ1v) is 3.28. The molecule has 7 heteroatoms. The fourth-order valence-electron chi connectivity index (χ4n) is 0.448. The third-order valence-corrected chi connectivity index (χ3v) is 0.809. The molecule has 0 aliphatic rings. The summed E-state index contributed by atoms with van der Waals surface area (Å²) in [5.41, 5.74) is 1.21. The van der Waals surface area contributed by atoms with Crippen molar-refractivity contribution in [2.24, 2.45) is 0 Å². The van der Waals surface area contributed by atoms with Crippen molar-refractivity contribution >= 4 is 0 Å². The number of pyridine rings is 1. The van der Waals surface area contributed by atoms with Crippen LogP contribution in [0.5, 0.6) is 0 Å². The summed E-state index contributed by atoms with van der Waals surface area (Å²) in [6, 6.07) is 3.95. The fourth-order valence-corrected chi connectivity index (χ4v) is 0.448. The molecule has 0 bridgehead atoms. The average Bonchev–Trinajstić information content (AvgIpc) is 2.50. The van der Waals surface area contributed by atoms with Crippen molar-refractivity contribution in [3.63, 3.8) is 0 Å². The molecule has 0 atom stereocenters. The van der Waals surface area contributed by atoms with Crippen molar-refractivity contribution in [2.75, 3.05) is 0 Å². The molecule has 0 spiro atoms. The zero-order chi connectivity index (χ0) is 15.1. The van der Waals surface area contributed by atoms with E-state index >= 15 is 0 Å². The SMILES string of the molecule is Cc1cccnc1.[C-]#[O+].[C-]#[O+].[C-]#[O+].[C-]#[O+].[C-]#[O+].[W]. The summed E-state index contributed by atoms with van der Waals surface area (Å²) in [4.78, 5) is 3.88. The van der Waals surface area contributed by atoms with Gasteiger partial charge in [-0.15, -0.1) is 0 Å². The van der Waals surface area contributed by atoms with E-state index in [1.54, 1.807) is 6.20 Å². The Morgan fingerprint density at radius 3 is 1.28 bits per heavy atom. The van der Waals surface area contributed by atoms with E-state index in [4.69, 9.17) is 23.3 Å². The number of hydrogen-bond donors (Lipinski definition) is 0. The molecule has 0 radical (unpaired) electrons. The van der Waals surface area contributed by atoms with Crippen LogP contribution in [0.25, 0.3) is 0 Å². The van der Waals surface area contributed by atoms with Crippen molar-refractivity contribution in [1.29, 1.82) is 0 Å². The third kappa shape index (κ3) is 62.3. The summed E-state index contributed by atoms with van der Waals surface area (Å²) in [6.07, 6.45) is 3.60. The minimum Gasteiger partial charge on any atom is 0 e. The van der Waals surface area contributed by atoms with Gasteiger partial charge in [0.2, 0.25) is 0 Å². The van der Waals surface area contributed by atoms with Gasteiger partial charge in [-0.3, -0.25) is 4.98 Å². The van der Waals surface area contributed by atoms with Crippen LogP contribution in [0.4, 0.5) is 0 Å². The number of rotatable bonds is 0. The topological polar surface area (TPSA) is 112 Å². The van der Waals surface area contributed by atoms with Gasteiger partial charge in [-0.2, -0.15) is 0 Å². The molecule has 0 aromatic carbocycles. The van der Waals surface area contributed by atoms with E-state index in [9.17, 15) is 0 Å². The molecule has 1 rings (SSSR count). The molecule has 0 fully saturated rings. The molecule has 1 heterocycles. The van der Waals surface area contributed by atoms with Gasteiger partial charge in [0.15, 0.2) is 0 Å². The normalized spacial score (nSPS) is 3.94. The van der Waals surface area contributed by atoms with Crippen LogP contribution >= 0.6 is 0 Å². The molecule has 1 aromatic rings. The molecule has 1 aromatic heterocycles. The van der Waals surface area contributed by atoms with Gasteiger partial charge in [-0.1, -0.05) is 6.07 Å². The van der Waals surface area contributed by atoms with Gasteiger partial charge in [0.1, 0.15) is 0 Å². The first-order chi connectivity index (χ1) is 8.39. The first kappa shape index (κ1) is 36.0. The minimum absolute atomic E-state index is 0. The number of hydrogen-bond acceptors (Lipinski definition) is 1. The molecule has 0 saturated carbocycles. The van der Waals surface area contributed by atoms with Crippen LogP contribution in [0.15, 0.2) is 24.5 Å². The summed E-state index contributed by atoms with van der Waals surface area (Å²) in [6.45, 7) is 24.5. The Balaban J connectivity index is -0.0000000285. The van der Waals surface area contributed by atoms with E-state index in [1.165, 1.54) is 5.56 Å². The van der Waals surface area contributed by atoms with Crippen LogP contribution in [-0.2, 0) is 44.3 Å². The Bertz CT molecular complexity index is 281. The van der Waals surface area contributed by atoms with E-state index in [0.29, 0.717) is 0 Å². The van der Waals surface area contributed by atoms with E-state index in [0.717, 1.165) is 0 Å². The molecule has 6 nitrogen and oxygen atoms in total. The molecule has 92 valence electrons. The molecule has 0 amide bonds. The van der Waals surface area contributed by atoms with Crippen LogP contribution in [0.1, 0.15) is 5.56 Å². The average molecular weight is 417 g/mol. The fraction of sp³-hybridized carbons (Fsp3) is 0.0909. The summed E-state index contributed by atoms with van der Waals surface area (Å²) < 4.78 is 37.5. The van der Waals surface area contributed by atoms with Crippen molar-refractivity contribution in [2.45, 2.75) is 6.92 Å². The third-order valence-electron chi connectivity index (χ3n) is 0.809. The molecule has 0 aliphatic heterocycles. The van der Waals surface area contributed by atoms with Crippen LogP contribution < -0.4 is 0 Å². The predicted molar refractivity (Wildman–Crippen MR) is 48.6 cm³/mol. The first-order valence-electron chi connectivity index (χ1n) is 3.28. The van der Waals surface area contributed by atoms with Crippen LogP contribution in [0.3, 0.4) is 0 Å². The van der Waals surface area contributed by atoms with Gasteiger partial charge in [0.25, 0.3) is 0 Å². The summed E-state index contributed by atoms with van der Waals surface area (Å²) in [7, 11) is 0. The summed E-state index contributed by atoms with van der Waals surface area (Å²) in [5, 5.41) is 0. The van der Waals surface area contributed by atoms with Crippen LogP contribution in [0.2, 0.25) is 0 Å². The van der Waals surface area contributed by atoms with Crippen molar-refractivity contribution in [1.82, 2.24) is 4.98 Å². The van der Waals surface area contributed by atoms with Gasteiger partial charge in [-0.25, -0.2) is 0 Å². The quantitative estimate of drug-likeness (QED) is 0.459. The second-order valence-corrected chi connectivity index (χ2v) is 1.53. The number of aromatic nitrogens is 1. The van der Waals surface area contributed by atoms with Gasteiger partial charge in [-0.05, 0) is 18.6 Å². The zero-order valence-electron chi connectivity index (χ0n) is 9.21. The number of aryl methyl sites for hydroxylation is 1. The van der Waals surface area contributed by atoms with Crippen molar-refractivity contribution in [3.8, 4) is 0 Å². The molecular formula is C11H7NO5W. The Kier molecular flexibility index (Phi) is 153. The Hall–Kier alpha value is -1.46.